The molecule has 2 aromatic heterocycles. The Bertz CT molecular complexity index is 1840. The number of urea groups is 1. The van der Waals surface area contributed by atoms with Crippen molar-refractivity contribution in [1.29, 1.82) is 0 Å². The maximum atomic E-state index is 15.1. The number of anilines is 1. The van der Waals surface area contributed by atoms with E-state index in [0.717, 1.165) is 42.7 Å². The van der Waals surface area contributed by atoms with Gasteiger partial charge in [-0.2, -0.15) is 0 Å². The number of carbonyl (C=O) groups excluding carboxylic acids is 2. The summed E-state index contributed by atoms with van der Waals surface area (Å²) in [5.41, 5.74) is 5.25. The number of ether oxygens (including phenoxy) is 1. The number of carbonyl (C=O) groups is 2. The third-order valence-corrected chi connectivity index (χ3v) is 9.46. The summed E-state index contributed by atoms with van der Waals surface area (Å²) in [6.45, 7) is 16.0. The molecule has 0 unspecified atom stereocenters. The van der Waals surface area contributed by atoms with Crippen molar-refractivity contribution in [2.24, 2.45) is 11.8 Å². The second kappa shape index (κ2) is 14.4. The predicted molar refractivity (Wildman–Crippen MR) is 192 cm³/mol. The van der Waals surface area contributed by atoms with Gasteiger partial charge in [0.25, 0.3) is 0 Å². The molecule has 3 N–H and O–H groups in total. The lowest BCUT2D eigenvalue weighted by Crippen LogP contribution is -2.49. The molecular formula is C38H48FN7O4. The fourth-order valence-electron chi connectivity index (χ4n) is 6.88. The van der Waals surface area contributed by atoms with Crippen LogP contribution in [0.25, 0.3) is 33.5 Å². The molecule has 2 aliphatic rings. The minimum absolute atomic E-state index is 0.0200. The lowest BCUT2D eigenvalue weighted by atomic mass is 9.95. The number of fused-ring (bicyclic) bond motifs is 1. The number of benzene rings is 2. The van der Waals surface area contributed by atoms with Gasteiger partial charge in [0.2, 0.25) is 0 Å². The quantitative estimate of drug-likeness (QED) is 0.199. The lowest BCUT2D eigenvalue weighted by Gasteiger charge is -2.35. The summed E-state index contributed by atoms with van der Waals surface area (Å²) in [6.07, 6.45) is 1.44. The standard InChI is InChI=1S/C38H48FN7O4/c1-23(2)15-27-20-46(21-33(27)47)36(48)43-31-17-28(39)16-29(24(31)3)34-30-18-32(42-35(30)41-22-40-34)26-9-7-25(8-10-26)19-44-11-13-45(14-12-44)37(49)50-38(4,5)6/h7-10,16-18,22-23,27,33,47H,11-15,19-21H2,1-6H3,(H,43,48)(H,40,41,42)/t27-,33-/m0/s1. The molecule has 50 heavy (non-hydrogen) atoms. The van der Waals surface area contributed by atoms with Crippen molar-refractivity contribution in [2.45, 2.75) is 66.2 Å². The number of nitrogens with one attached hydrogen (secondary N) is 2. The highest BCUT2D eigenvalue weighted by Gasteiger charge is 2.34. The number of piperazine rings is 1. The van der Waals surface area contributed by atoms with Gasteiger partial charge in [-0.1, -0.05) is 38.1 Å². The summed E-state index contributed by atoms with van der Waals surface area (Å²) in [4.78, 5) is 43.7. The summed E-state index contributed by atoms with van der Waals surface area (Å²) in [5.74, 6) is -0.0638. The second-order valence-electron chi connectivity index (χ2n) is 15.0. The van der Waals surface area contributed by atoms with E-state index in [0.29, 0.717) is 53.7 Å². The highest BCUT2D eigenvalue weighted by atomic mass is 19.1. The number of H-pyrrole nitrogens is 1. The van der Waals surface area contributed by atoms with Crippen LogP contribution in [0, 0.1) is 24.6 Å². The number of hydrogen-bond donors (Lipinski definition) is 3. The van der Waals surface area contributed by atoms with Crippen LogP contribution < -0.4 is 5.32 Å². The Morgan fingerprint density at radius 1 is 1.04 bits per heavy atom. The maximum Gasteiger partial charge on any atom is 0.410 e. The molecule has 2 saturated heterocycles. The molecule has 0 bridgehead atoms. The van der Waals surface area contributed by atoms with Crippen molar-refractivity contribution in [1.82, 2.24) is 29.7 Å². The number of likely N-dealkylation sites (tertiary alicyclic amines) is 1. The van der Waals surface area contributed by atoms with Crippen LogP contribution >= 0.6 is 0 Å². The lowest BCUT2D eigenvalue weighted by molar-refractivity contribution is 0.0139. The summed E-state index contributed by atoms with van der Waals surface area (Å²) in [6, 6.07) is 12.7. The third kappa shape index (κ3) is 8.08. The topological polar surface area (TPSA) is 127 Å². The molecule has 3 amide bonds. The number of aliphatic hydroxyl groups excluding tert-OH is 1. The molecule has 2 aliphatic heterocycles. The van der Waals surface area contributed by atoms with Crippen molar-refractivity contribution in [2.75, 3.05) is 44.6 Å². The number of rotatable bonds is 7. The Kier molecular flexibility index (Phi) is 10.1. The van der Waals surface area contributed by atoms with Crippen molar-refractivity contribution >= 4 is 28.8 Å². The molecule has 0 aliphatic carbocycles. The predicted octanol–water partition coefficient (Wildman–Crippen LogP) is 6.66. The third-order valence-electron chi connectivity index (χ3n) is 9.46. The first-order valence-corrected chi connectivity index (χ1v) is 17.4. The Balaban J connectivity index is 1.15. The van der Waals surface area contributed by atoms with Gasteiger partial charge in [-0.3, -0.25) is 4.90 Å². The number of nitrogens with zero attached hydrogens (tertiary/aromatic N) is 5. The van der Waals surface area contributed by atoms with Crippen molar-refractivity contribution in [3.63, 3.8) is 0 Å². The second-order valence-corrected chi connectivity index (χ2v) is 15.0. The average Bonchev–Trinajstić information content (AvgIpc) is 3.66. The number of aromatic nitrogens is 3. The van der Waals surface area contributed by atoms with Crippen LogP contribution in [0.2, 0.25) is 0 Å². The zero-order valence-electron chi connectivity index (χ0n) is 29.8. The van der Waals surface area contributed by atoms with Gasteiger partial charge in [-0.15, -0.1) is 0 Å². The van der Waals surface area contributed by atoms with E-state index in [9.17, 15) is 14.7 Å². The van der Waals surface area contributed by atoms with Gasteiger partial charge >= 0.3 is 12.1 Å². The zero-order valence-corrected chi connectivity index (χ0v) is 29.8. The van der Waals surface area contributed by atoms with E-state index in [-0.39, 0.29) is 24.6 Å². The molecule has 2 aromatic carbocycles. The number of amides is 3. The van der Waals surface area contributed by atoms with Crippen LogP contribution in [0.4, 0.5) is 19.7 Å². The van der Waals surface area contributed by atoms with Crippen LogP contribution in [0.5, 0.6) is 0 Å². The number of halogens is 1. The molecule has 4 heterocycles. The molecule has 266 valence electrons. The number of β-amino-alcohol motifs (C(OH)–C–C–N with tert-alkyl or cyclic N) is 1. The molecule has 2 fully saturated rings. The SMILES string of the molecule is Cc1c(NC(=O)N2C[C@H](CC(C)C)[C@@H](O)C2)cc(F)cc1-c1ncnc2[nH]c(-c3ccc(CN4CCN(C(=O)OC(C)(C)C)CC4)cc3)cc12. The molecule has 11 nitrogen and oxygen atoms in total. The Morgan fingerprint density at radius 3 is 2.44 bits per heavy atom. The van der Waals surface area contributed by atoms with E-state index >= 15 is 4.39 Å². The van der Waals surface area contributed by atoms with Crippen LogP contribution in [-0.4, -0.2) is 97.9 Å². The number of aliphatic hydroxyl groups is 1. The first-order valence-electron chi connectivity index (χ1n) is 17.4. The zero-order chi connectivity index (χ0) is 35.7. The molecule has 12 heteroatoms. The molecule has 0 spiro atoms. The van der Waals surface area contributed by atoms with Gasteiger partial charge in [-0.05, 0) is 74.9 Å². The van der Waals surface area contributed by atoms with Crippen molar-refractivity contribution in [3.05, 3.63) is 65.7 Å². The van der Waals surface area contributed by atoms with Gasteiger partial charge in [0.15, 0.2) is 0 Å². The van der Waals surface area contributed by atoms with Crippen molar-refractivity contribution < 1.29 is 23.8 Å². The monoisotopic (exact) mass is 685 g/mol. The molecule has 2 atom stereocenters. The minimum atomic E-state index is -0.575. The minimum Gasteiger partial charge on any atom is -0.444 e. The van der Waals surface area contributed by atoms with E-state index in [2.05, 4.69) is 63.3 Å². The van der Waals surface area contributed by atoms with Crippen LogP contribution in [0.3, 0.4) is 0 Å². The molecule has 0 radical (unpaired) electrons. The fraction of sp³-hybridized carbons (Fsp3) is 0.474. The van der Waals surface area contributed by atoms with Gasteiger partial charge < -0.3 is 29.9 Å². The summed E-state index contributed by atoms with van der Waals surface area (Å²) in [5, 5.41) is 14.1. The van der Waals surface area contributed by atoms with E-state index < -0.39 is 17.5 Å². The summed E-state index contributed by atoms with van der Waals surface area (Å²) in [7, 11) is 0. The fourth-order valence-corrected chi connectivity index (χ4v) is 6.88. The van der Waals surface area contributed by atoms with Crippen LogP contribution in [0.1, 0.15) is 52.2 Å². The first-order chi connectivity index (χ1) is 23.7. The van der Waals surface area contributed by atoms with E-state index in [1.807, 2.05) is 33.8 Å². The van der Waals surface area contributed by atoms with Gasteiger partial charge in [0.1, 0.15) is 23.4 Å². The summed E-state index contributed by atoms with van der Waals surface area (Å²) < 4.78 is 20.6. The Morgan fingerprint density at radius 2 is 1.76 bits per heavy atom. The molecule has 6 rings (SSSR count). The van der Waals surface area contributed by atoms with Gasteiger partial charge in [0.05, 0.1) is 11.8 Å². The van der Waals surface area contributed by atoms with E-state index in [4.69, 9.17) is 4.74 Å². The Labute approximate surface area is 292 Å². The molecule has 4 aromatic rings. The van der Waals surface area contributed by atoms with E-state index in [1.54, 1.807) is 9.80 Å². The highest BCUT2D eigenvalue weighted by molar-refractivity contribution is 5.97. The maximum absolute atomic E-state index is 15.1. The van der Waals surface area contributed by atoms with Crippen LogP contribution in [-0.2, 0) is 11.3 Å². The largest absolute Gasteiger partial charge is 0.444 e. The van der Waals surface area contributed by atoms with Gasteiger partial charge in [0, 0.05) is 74.1 Å². The molecule has 0 saturated carbocycles. The first kappa shape index (κ1) is 35.3. The highest BCUT2D eigenvalue weighted by Crippen LogP contribution is 2.35. The number of hydrogen-bond acceptors (Lipinski definition) is 7. The summed E-state index contributed by atoms with van der Waals surface area (Å²) >= 11 is 0. The normalized spacial score (nSPS) is 18.7. The average molecular weight is 686 g/mol. The number of aromatic amines is 1. The van der Waals surface area contributed by atoms with Gasteiger partial charge in [-0.25, -0.2) is 23.9 Å². The molecular weight excluding hydrogens is 637 g/mol. The Hall–Kier alpha value is -4.55. The van der Waals surface area contributed by atoms with Crippen molar-refractivity contribution in [3.8, 4) is 22.5 Å². The smallest absolute Gasteiger partial charge is 0.410 e. The van der Waals surface area contributed by atoms with E-state index in [1.165, 1.54) is 24.0 Å². The van der Waals surface area contributed by atoms with Crippen LogP contribution in [0.15, 0.2) is 48.8 Å².